The molecule has 0 saturated heterocycles. The van der Waals surface area contributed by atoms with Gasteiger partial charge in [-0.25, -0.2) is 9.59 Å². The van der Waals surface area contributed by atoms with Crippen LogP contribution in [-0.4, -0.2) is 124 Å². The number of carbonyl (C=O) groups excluding carboxylic acids is 5. The van der Waals surface area contributed by atoms with E-state index >= 15 is 0 Å². The predicted molar refractivity (Wildman–Crippen MR) is 191 cm³/mol. The lowest BCUT2D eigenvalue weighted by atomic mass is 10.1. The van der Waals surface area contributed by atoms with Crippen LogP contribution in [0, 0.1) is 0 Å². The summed E-state index contributed by atoms with van der Waals surface area (Å²) in [6, 6.07) is 5.18. The number of unbranched alkanes of at least 4 members (excludes halogenated alkanes) is 6. The van der Waals surface area contributed by atoms with Gasteiger partial charge in [0.1, 0.15) is 37.1 Å². The third-order valence-corrected chi connectivity index (χ3v) is 7.63. The van der Waals surface area contributed by atoms with E-state index in [9.17, 15) is 38.7 Å². The molecular formula is C37H56N2O14. The highest BCUT2D eigenvalue weighted by molar-refractivity contribution is 5.90. The minimum atomic E-state index is -1.18. The molecule has 0 aliphatic carbocycles. The molecule has 0 aliphatic rings. The molecule has 1 aromatic rings. The number of rotatable bonds is 36. The van der Waals surface area contributed by atoms with Gasteiger partial charge in [0.15, 0.2) is 5.78 Å². The van der Waals surface area contributed by atoms with Crippen molar-refractivity contribution >= 4 is 41.6 Å². The molecule has 0 unspecified atom stereocenters. The van der Waals surface area contributed by atoms with E-state index in [4.69, 9.17) is 28.8 Å². The number of aliphatic carboxylic acids is 1. The standard InChI is InChI=1S/C37H56N2O14/c40-19-17-31(42)27-51-25-24-50-22-18-38-35(44)28-52-26-23-49-20-8-9-30(41)13-16-33(37(47)48)39-34(43)10-6-4-2-1-3-5-7-21-53-32-14-11-29(12-15-32)36(45)46/h11-12,14-15,19,33H,1-10,13,16-18,20-28H2,(H,38,44)(H,39,43)(H,45,46)(H,47,48)/t33-/m0/s1. The van der Waals surface area contributed by atoms with Crippen LogP contribution in [0.1, 0.15) is 93.8 Å². The van der Waals surface area contributed by atoms with Gasteiger partial charge in [0.05, 0.1) is 51.6 Å². The van der Waals surface area contributed by atoms with Crippen LogP contribution in [0.3, 0.4) is 0 Å². The average Bonchev–Trinajstić information content (AvgIpc) is 3.13. The molecule has 0 heterocycles. The molecule has 1 atom stereocenters. The number of aldehydes is 1. The normalized spacial score (nSPS) is 11.4. The van der Waals surface area contributed by atoms with Crippen LogP contribution in [0.15, 0.2) is 24.3 Å². The maximum absolute atomic E-state index is 12.3. The van der Waals surface area contributed by atoms with Crippen LogP contribution >= 0.6 is 0 Å². The number of carbonyl (C=O) groups is 7. The molecule has 2 amide bonds. The molecule has 16 nitrogen and oxygen atoms in total. The van der Waals surface area contributed by atoms with E-state index in [-0.39, 0.29) is 114 Å². The van der Waals surface area contributed by atoms with Gasteiger partial charge in [0, 0.05) is 32.4 Å². The number of carboxylic acid groups (broad SMARTS) is 2. The van der Waals surface area contributed by atoms with E-state index in [2.05, 4.69) is 10.6 Å². The number of benzene rings is 1. The second kappa shape index (κ2) is 31.3. The lowest BCUT2D eigenvalue weighted by Gasteiger charge is -2.14. The molecule has 4 N–H and O–H groups in total. The monoisotopic (exact) mass is 752 g/mol. The predicted octanol–water partition coefficient (Wildman–Crippen LogP) is 2.92. The maximum atomic E-state index is 12.3. The summed E-state index contributed by atoms with van der Waals surface area (Å²) >= 11 is 0. The molecule has 1 rings (SSSR count). The Morgan fingerprint density at radius 3 is 1.91 bits per heavy atom. The largest absolute Gasteiger partial charge is 0.494 e. The van der Waals surface area contributed by atoms with Crippen LogP contribution < -0.4 is 15.4 Å². The fraction of sp³-hybridized carbons (Fsp3) is 0.649. The number of ketones is 2. The molecule has 53 heavy (non-hydrogen) atoms. The highest BCUT2D eigenvalue weighted by atomic mass is 16.5. The SMILES string of the molecule is O=CCC(=O)COCCOCCNC(=O)COCCOCCCC(=O)CC[C@H](NC(=O)CCCCCCCCCOc1ccc(C(=O)O)cc1)C(=O)O. The van der Waals surface area contributed by atoms with Crippen LogP contribution in [0.5, 0.6) is 5.75 Å². The van der Waals surface area contributed by atoms with E-state index in [1.807, 2.05) is 0 Å². The van der Waals surface area contributed by atoms with Gasteiger partial charge in [-0.05, 0) is 49.9 Å². The molecule has 1 aromatic carbocycles. The number of aromatic carboxylic acids is 1. The second-order valence-electron chi connectivity index (χ2n) is 12.1. The van der Waals surface area contributed by atoms with E-state index in [1.54, 1.807) is 12.1 Å². The van der Waals surface area contributed by atoms with Gasteiger partial charge in [0.2, 0.25) is 11.8 Å². The zero-order chi connectivity index (χ0) is 38.9. The van der Waals surface area contributed by atoms with Crippen molar-refractivity contribution in [1.29, 1.82) is 0 Å². The van der Waals surface area contributed by atoms with Gasteiger partial charge in [-0.15, -0.1) is 0 Å². The van der Waals surface area contributed by atoms with Crippen molar-refractivity contribution in [3.05, 3.63) is 29.8 Å². The lowest BCUT2D eigenvalue weighted by Crippen LogP contribution is -2.41. The zero-order valence-electron chi connectivity index (χ0n) is 30.5. The Bertz CT molecular complexity index is 1220. The summed E-state index contributed by atoms with van der Waals surface area (Å²) < 4.78 is 26.6. The van der Waals surface area contributed by atoms with Gasteiger partial charge in [0.25, 0.3) is 0 Å². The molecule has 0 aliphatic heterocycles. The van der Waals surface area contributed by atoms with Gasteiger partial charge >= 0.3 is 11.9 Å². The Hall–Kier alpha value is -4.25. The Kier molecular flexibility index (Phi) is 27.6. The minimum Gasteiger partial charge on any atom is -0.494 e. The summed E-state index contributed by atoms with van der Waals surface area (Å²) in [6.45, 7) is 1.95. The highest BCUT2D eigenvalue weighted by Gasteiger charge is 2.20. The van der Waals surface area contributed by atoms with E-state index in [1.165, 1.54) is 12.1 Å². The summed E-state index contributed by atoms with van der Waals surface area (Å²) in [6.07, 6.45) is 7.66. The molecule has 0 saturated carbocycles. The van der Waals surface area contributed by atoms with Gasteiger partial charge in [-0.1, -0.05) is 32.1 Å². The van der Waals surface area contributed by atoms with Crippen LogP contribution in [0.4, 0.5) is 0 Å². The van der Waals surface area contributed by atoms with E-state index < -0.39 is 18.0 Å². The molecular weight excluding hydrogens is 696 g/mol. The number of Topliss-reactive ketones (excluding diaryl/α,β-unsaturated/α-hetero) is 2. The van der Waals surface area contributed by atoms with Crippen molar-refractivity contribution in [3.63, 3.8) is 0 Å². The van der Waals surface area contributed by atoms with E-state index in [0.717, 1.165) is 38.5 Å². The van der Waals surface area contributed by atoms with Gasteiger partial charge in [-0.3, -0.25) is 19.2 Å². The summed E-state index contributed by atoms with van der Waals surface area (Å²) in [5.74, 6) is -2.60. The first-order chi connectivity index (χ1) is 25.6. The van der Waals surface area contributed by atoms with Crippen molar-refractivity contribution in [2.75, 3.05) is 66.0 Å². The van der Waals surface area contributed by atoms with Crippen molar-refractivity contribution < 1.29 is 67.5 Å². The second-order valence-corrected chi connectivity index (χ2v) is 12.1. The Labute approximate surface area is 310 Å². The first-order valence-corrected chi connectivity index (χ1v) is 18.1. The first kappa shape index (κ1) is 46.8. The number of amides is 2. The number of nitrogens with one attached hydrogen (secondary N) is 2. The van der Waals surface area contributed by atoms with Crippen molar-refractivity contribution in [3.8, 4) is 5.75 Å². The molecule has 0 radical (unpaired) electrons. The molecule has 298 valence electrons. The fourth-order valence-corrected chi connectivity index (χ4v) is 4.74. The Morgan fingerprint density at radius 1 is 0.623 bits per heavy atom. The molecule has 0 spiro atoms. The zero-order valence-corrected chi connectivity index (χ0v) is 30.5. The van der Waals surface area contributed by atoms with Crippen molar-refractivity contribution in [2.24, 2.45) is 0 Å². The highest BCUT2D eigenvalue weighted by Crippen LogP contribution is 2.14. The summed E-state index contributed by atoms with van der Waals surface area (Å²) in [5, 5.41) is 23.6. The molecule has 0 bridgehead atoms. The summed E-state index contributed by atoms with van der Waals surface area (Å²) in [4.78, 5) is 80.1. The van der Waals surface area contributed by atoms with Crippen molar-refractivity contribution in [2.45, 2.75) is 89.5 Å². The topological polar surface area (TPSA) is 230 Å². The molecule has 0 fully saturated rings. The summed E-state index contributed by atoms with van der Waals surface area (Å²) in [7, 11) is 0. The van der Waals surface area contributed by atoms with Crippen LogP contribution in [-0.2, 0) is 47.7 Å². The quantitative estimate of drug-likeness (QED) is 0.0439. The number of carboxylic acids is 2. The van der Waals surface area contributed by atoms with Crippen LogP contribution in [0.25, 0.3) is 0 Å². The molecule has 0 aromatic heterocycles. The van der Waals surface area contributed by atoms with Gasteiger partial charge < -0.3 is 49.3 Å². The maximum Gasteiger partial charge on any atom is 0.335 e. The smallest absolute Gasteiger partial charge is 0.335 e. The summed E-state index contributed by atoms with van der Waals surface area (Å²) in [5.41, 5.74) is 0.216. The molecule has 16 heteroatoms. The Balaban J connectivity index is 1.96. The average molecular weight is 753 g/mol. The third-order valence-electron chi connectivity index (χ3n) is 7.63. The Morgan fingerprint density at radius 2 is 1.25 bits per heavy atom. The number of ether oxygens (including phenoxy) is 5. The van der Waals surface area contributed by atoms with Crippen molar-refractivity contribution in [1.82, 2.24) is 10.6 Å². The first-order valence-electron chi connectivity index (χ1n) is 18.1. The van der Waals surface area contributed by atoms with Crippen LogP contribution in [0.2, 0.25) is 0 Å². The third kappa shape index (κ3) is 27.1. The fourth-order valence-electron chi connectivity index (χ4n) is 4.74. The number of hydrogen-bond donors (Lipinski definition) is 4. The van der Waals surface area contributed by atoms with E-state index in [0.29, 0.717) is 38.1 Å². The number of hydrogen-bond acceptors (Lipinski definition) is 12. The van der Waals surface area contributed by atoms with Gasteiger partial charge in [-0.2, -0.15) is 0 Å². The lowest BCUT2D eigenvalue weighted by molar-refractivity contribution is -0.142. The minimum absolute atomic E-state index is 0.0140.